The van der Waals surface area contributed by atoms with E-state index in [1.807, 2.05) is 19.9 Å². The summed E-state index contributed by atoms with van der Waals surface area (Å²) in [4.78, 5) is 63.7. The zero-order chi connectivity index (χ0) is 36.7. The Balaban J connectivity index is 1.40. The molecular weight excluding hydrogens is 662 g/mol. The molecular formula is C40H39N5O7. The lowest BCUT2D eigenvalue weighted by Crippen LogP contribution is -2.50. The largest absolute Gasteiger partial charge is 0.459 e. The summed E-state index contributed by atoms with van der Waals surface area (Å²) in [5, 5.41) is 7.92. The Hall–Kier alpha value is -6.17. The molecule has 266 valence electrons. The molecule has 12 nitrogen and oxygen atoms in total. The summed E-state index contributed by atoms with van der Waals surface area (Å²) in [6.07, 6.45) is 0. The molecule has 1 aromatic heterocycles. The number of aromatic nitrogens is 2. The van der Waals surface area contributed by atoms with Crippen LogP contribution in [-0.4, -0.2) is 58.9 Å². The predicted molar refractivity (Wildman–Crippen MR) is 196 cm³/mol. The molecule has 52 heavy (non-hydrogen) atoms. The first-order valence-corrected chi connectivity index (χ1v) is 17.1. The second-order valence-electron chi connectivity index (χ2n) is 14.0. The number of nitrogens with one attached hydrogen (secondary N) is 1. The number of carbonyl (C=O) groups excluding carboxylic acids is 4. The van der Waals surface area contributed by atoms with Crippen LogP contribution >= 0.6 is 0 Å². The number of ether oxygens (including phenoxy) is 3. The number of hydrogen-bond acceptors (Lipinski definition) is 8. The van der Waals surface area contributed by atoms with Gasteiger partial charge in [0.15, 0.2) is 11.5 Å². The van der Waals surface area contributed by atoms with Crippen LogP contribution < -0.4 is 24.2 Å². The van der Waals surface area contributed by atoms with Gasteiger partial charge in [0.05, 0.1) is 22.6 Å². The quantitative estimate of drug-likeness (QED) is 0.143. The average molecular weight is 702 g/mol. The van der Waals surface area contributed by atoms with Gasteiger partial charge in [-0.1, -0.05) is 48.5 Å². The van der Waals surface area contributed by atoms with Gasteiger partial charge in [-0.15, -0.1) is 0 Å². The standard InChI is InChI=1S/C40H39N5O7/c1-24(2)44(26-19-20-31-32(21-26)51-23-50-31)33(46)22-43-29-17-11-12-18-30(29)45(25-13-7-6-8-14-25)38(48)35(37(43)47)34(39(49)52-40(3,4)5)36-27-15-9-10-16-28(27)41-42-36/h6-21,24,34-35H,22-23H2,1-5H3,(H,41,42). The van der Waals surface area contributed by atoms with Crippen LogP contribution in [0.3, 0.4) is 0 Å². The number of para-hydroxylation sites is 4. The Morgan fingerprint density at radius 2 is 1.56 bits per heavy atom. The number of esters is 1. The van der Waals surface area contributed by atoms with E-state index in [4.69, 9.17) is 14.2 Å². The summed E-state index contributed by atoms with van der Waals surface area (Å²) in [7, 11) is 0. The minimum Gasteiger partial charge on any atom is -0.459 e. The van der Waals surface area contributed by atoms with E-state index in [2.05, 4.69) is 10.2 Å². The smallest absolute Gasteiger partial charge is 0.316 e. The van der Waals surface area contributed by atoms with Gasteiger partial charge in [0.2, 0.25) is 24.5 Å². The molecule has 3 heterocycles. The first kappa shape index (κ1) is 34.3. The van der Waals surface area contributed by atoms with Crippen molar-refractivity contribution in [2.24, 2.45) is 5.92 Å². The van der Waals surface area contributed by atoms with Gasteiger partial charge in [-0.2, -0.15) is 5.10 Å². The van der Waals surface area contributed by atoms with E-state index in [-0.39, 0.29) is 18.5 Å². The van der Waals surface area contributed by atoms with Gasteiger partial charge >= 0.3 is 5.97 Å². The van der Waals surface area contributed by atoms with Gasteiger partial charge in [0, 0.05) is 28.9 Å². The summed E-state index contributed by atoms with van der Waals surface area (Å²) in [6, 6.07) is 27.8. The summed E-state index contributed by atoms with van der Waals surface area (Å²) in [5.41, 5.74) is 1.58. The van der Waals surface area contributed by atoms with Crippen molar-refractivity contribution in [1.29, 1.82) is 0 Å². The normalized spacial score (nSPS) is 16.2. The molecule has 4 aromatic carbocycles. The van der Waals surface area contributed by atoms with Crippen LogP contribution in [0.4, 0.5) is 22.7 Å². The second-order valence-corrected chi connectivity index (χ2v) is 14.0. The molecule has 3 amide bonds. The number of fused-ring (bicyclic) bond motifs is 3. The molecule has 5 aromatic rings. The molecule has 0 radical (unpaired) electrons. The van der Waals surface area contributed by atoms with Crippen LogP contribution in [0.2, 0.25) is 0 Å². The number of H-pyrrole nitrogens is 1. The summed E-state index contributed by atoms with van der Waals surface area (Å²) >= 11 is 0. The molecule has 0 aliphatic carbocycles. The van der Waals surface area contributed by atoms with E-state index >= 15 is 9.59 Å². The van der Waals surface area contributed by atoms with E-state index in [1.54, 1.807) is 117 Å². The molecule has 2 unspecified atom stereocenters. The minimum absolute atomic E-state index is 0.0746. The third-order valence-electron chi connectivity index (χ3n) is 8.96. The maximum atomic E-state index is 15.3. The van der Waals surface area contributed by atoms with Crippen molar-refractivity contribution in [2.45, 2.75) is 52.2 Å². The topological polar surface area (TPSA) is 134 Å². The monoisotopic (exact) mass is 701 g/mol. The number of nitrogens with zero attached hydrogens (tertiary/aromatic N) is 4. The van der Waals surface area contributed by atoms with Crippen LogP contribution in [0, 0.1) is 5.92 Å². The fourth-order valence-corrected chi connectivity index (χ4v) is 6.80. The first-order valence-electron chi connectivity index (χ1n) is 17.1. The third kappa shape index (κ3) is 6.32. The van der Waals surface area contributed by atoms with E-state index in [0.717, 1.165) is 0 Å². The number of benzene rings is 4. The van der Waals surface area contributed by atoms with Gasteiger partial charge in [-0.05, 0) is 77.1 Å². The Morgan fingerprint density at radius 1 is 0.885 bits per heavy atom. The number of aromatic amines is 1. The van der Waals surface area contributed by atoms with Crippen molar-refractivity contribution in [3.63, 3.8) is 0 Å². The fourth-order valence-electron chi connectivity index (χ4n) is 6.80. The summed E-state index contributed by atoms with van der Waals surface area (Å²) in [5.74, 6) is -4.67. The van der Waals surface area contributed by atoms with E-state index in [9.17, 15) is 9.59 Å². The lowest BCUT2D eigenvalue weighted by molar-refractivity contribution is -0.161. The molecule has 2 atom stereocenters. The predicted octanol–water partition coefficient (Wildman–Crippen LogP) is 6.49. The SMILES string of the molecule is CC(C)N(C(=O)CN1C(=O)C(C(C(=O)OC(C)(C)C)c2[nH]nc3ccccc23)C(=O)N(c2ccccc2)c2ccccc21)c1ccc2c(c1)OCO2. The van der Waals surface area contributed by atoms with Crippen molar-refractivity contribution in [3.8, 4) is 11.5 Å². The first-order chi connectivity index (χ1) is 24.9. The number of carbonyl (C=O) groups is 4. The van der Waals surface area contributed by atoms with Crippen molar-refractivity contribution in [1.82, 2.24) is 10.2 Å². The highest BCUT2D eigenvalue weighted by Crippen LogP contribution is 2.44. The van der Waals surface area contributed by atoms with Crippen molar-refractivity contribution in [2.75, 3.05) is 28.0 Å². The number of anilines is 4. The van der Waals surface area contributed by atoms with Gasteiger partial charge in [-0.25, -0.2) is 0 Å². The van der Waals surface area contributed by atoms with Crippen LogP contribution in [-0.2, 0) is 23.9 Å². The molecule has 0 bridgehead atoms. The summed E-state index contributed by atoms with van der Waals surface area (Å²) in [6.45, 7) is 8.52. The maximum absolute atomic E-state index is 15.3. The average Bonchev–Trinajstić information content (AvgIpc) is 3.74. The number of amides is 3. The molecule has 7 rings (SSSR count). The van der Waals surface area contributed by atoms with Crippen LogP contribution in [0.1, 0.15) is 46.2 Å². The number of hydrogen-bond donors (Lipinski definition) is 1. The van der Waals surface area contributed by atoms with Crippen molar-refractivity contribution >= 4 is 57.3 Å². The van der Waals surface area contributed by atoms with Gasteiger partial charge in [-0.3, -0.25) is 29.2 Å². The Kier molecular flexibility index (Phi) is 8.91. The van der Waals surface area contributed by atoms with E-state index in [0.29, 0.717) is 45.2 Å². The zero-order valence-corrected chi connectivity index (χ0v) is 29.5. The minimum atomic E-state index is -1.67. The van der Waals surface area contributed by atoms with E-state index < -0.39 is 47.7 Å². The van der Waals surface area contributed by atoms with E-state index in [1.165, 1.54) is 9.80 Å². The molecule has 0 saturated carbocycles. The van der Waals surface area contributed by atoms with Crippen LogP contribution in [0.15, 0.2) is 97.1 Å². The highest BCUT2D eigenvalue weighted by atomic mass is 16.7. The fraction of sp³-hybridized carbons (Fsp3) is 0.275. The van der Waals surface area contributed by atoms with Crippen molar-refractivity contribution in [3.05, 3.63) is 103 Å². The zero-order valence-electron chi connectivity index (χ0n) is 29.5. The molecule has 0 saturated heterocycles. The van der Waals surface area contributed by atoms with Crippen LogP contribution in [0.25, 0.3) is 10.9 Å². The lowest BCUT2D eigenvalue weighted by atomic mass is 9.85. The van der Waals surface area contributed by atoms with Gasteiger partial charge in [0.1, 0.15) is 24.0 Å². The third-order valence-corrected chi connectivity index (χ3v) is 8.96. The molecule has 0 spiro atoms. The van der Waals surface area contributed by atoms with Crippen LogP contribution in [0.5, 0.6) is 11.5 Å². The second kappa shape index (κ2) is 13.5. The molecule has 2 aliphatic heterocycles. The molecule has 2 aliphatic rings. The Bertz CT molecular complexity index is 2170. The highest BCUT2D eigenvalue weighted by molar-refractivity contribution is 6.23. The Morgan fingerprint density at radius 3 is 2.29 bits per heavy atom. The Labute approximate surface area is 300 Å². The lowest BCUT2D eigenvalue weighted by Gasteiger charge is -2.32. The van der Waals surface area contributed by atoms with Crippen molar-refractivity contribution < 1.29 is 33.4 Å². The summed E-state index contributed by atoms with van der Waals surface area (Å²) < 4.78 is 17.0. The molecule has 0 fully saturated rings. The highest BCUT2D eigenvalue weighted by Gasteiger charge is 2.51. The molecule has 12 heteroatoms. The number of rotatable bonds is 8. The van der Waals surface area contributed by atoms with Gasteiger partial charge in [0.25, 0.3) is 0 Å². The molecule has 1 N–H and O–H groups in total. The van der Waals surface area contributed by atoms with Gasteiger partial charge < -0.3 is 24.0 Å². The maximum Gasteiger partial charge on any atom is 0.316 e.